The molecule has 1 fully saturated rings. The van der Waals surface area contributed by atoms with Crippen molar-refractivity contribution in [3.63, 3.8) is 0 Å². The van der Waals surface area contributed by atoms with Crippen LogP contribution in [0.25, 0.3) is 11.4 Å². The minimum Gasteiger partial charge on any atom is -0.387 e. The quantitative estimate of drug-likeness (QED) is 0.897. The Labute approximate surface area is 140 Å². The second kappa shape index (κ2) is 6.09. The second-order valence-electron chi connectivity index (χ2n) is 6.30. The van der Waals surface area contributed by atoms with Gasteiger partial charge in [-0.05, 0) is 43.6 Å². The first-order chi connectivity index (χ1) is 11.2. The topological polar surface area (TPSA) is 70.9 Å². The summed E-state index contributed by atoms with van der Waals surface area (Å²) in [4.78, 5) is 13.6. The summed E-state index contributed by atoms with van der Waals surface area (Å²) in [7, 11) is 0. The van der Waals surface area contributed by atoms with Crippen LogP contribution in [0.5, 0.6) is 0 Å². The number of thioether (sulfide) groups is 1. The first-order valence-electron chi connectivity index (χ1n) is 8.08. The summed E-state index contributed by atoms with van der Waals surface area (Å²) in [6.45, 7) is 0.552. The fourth-order valence-electron chi connectivity index (χ4n) is 3.19. The summed E-state index contributed by atoms with van der Waals surface area (Å²) in [6.07, 6.45) is 7.52. The van der Waals surface area contributed by atoms with Gasteiger partial charge in [-0.1, -0.05) is 0 Å². The van der Waals surface area contributed by atoms with E-state index in [0.29, 0.717) is 12.4 Å². The maximum Gasteiger partial charge on any atom is 0.163 e. The molecule has 0 amide bonds. The van der Waals surface area contributed by atoms with Crippen molar-refractivity contribution in [1.29, 1.82) is 0 Å². The normalized spacial score (nSPS) is 23.0. The smallest absolute Gasteiger partial charge is 0.163 e. The SMILES string of the molecule is OC1(CNc2nc(-c3cccnc3)nc3c2CCC3)CCSC1. The van der Waals surface area contributed by atoms with Gasteiger partial charge in [0.1, 0.15) is 5.82 Å². The zero-order valence-electron chi connectivity index (χ0n) is 13.0. The van der Waals surface area contributed by atoms with Crippen LogP contribution in [0.15, 0.2) is 24.5 Å². The first-order valence-corrected chi connectivity index (χ1v) is 9.23. The highest BCUT2D eigenvalue weighted by Gasteiger charge is 2.32. The average molecular weight is 328 g/mol. The zero-order chi connectivity index (χ0) is 15.7. The fourth-order valence-corrected chi connectivity index (χ4v) is 4.48. The van der Waals surface area contributed by atoms with Crippen LogP contribution in [-0.2, 0) is 12.8 Å². The van der Waals surface area contributed by atoms with Crippen LogP contribution in [0.2, 0.25) is 0 Å². The van der Waals surface area contributed by atoms with Crippen molar-refractivity contribution in [2.75, 3.05) is 23.4 Å². The third-order valence-corrected chi connectivity index (χ3v) is 5.75. The Morgan fingerprint density at radius 3 is 3.04 bits per heavy atom. The van der Waals surface area contributed by atoms with Crippen LogP contribution in [-0.4, -0.2) is 43.7 Å². The molecule has 120 valence electrons. The Morgan fingerprint density at radius 2 is 2.26 bits per heavy atom. The minimum atomic E-state index is -0.616. The lowest BCUT2D eigenvalue weighted by molar-refractivity contribution is 0.0819. The van der Waals surface area contributed by atoms with Gasteiger partial charge in [0.15, 0.2) is 5.82 Å². The van der Waals surface area contributed by atoms with Gasteiger partial charge >= 0.3 is 0 Å². The van der Waals surface area contributed by atoms with Crippen molar-refractivity contribution in [2.24, 2.45) is 0 Å². The van der Waals surface area contributed by atoms with E-state index in [0.717, 1.165) is 54.3 Å². The number of aryl methyl sites for hydroxylation is 1. The van der Waals surface area contributed by atoms with Gasteiger partial charge in [0.2, 0.25) is 0 Å². The van der Waals surface area contributed by atoms with E-state index in [4.69, 9.17) is 9.97 Å². The average Bonchev–Trinajstić information content (AvgIpc) is 3.22. The molecule has 4 rings (SSSR count). The van der Waals surface area contributed by atoms with E-state index >= 15 is 0 Å². The van der Waals surface area contributed by atoms with Gasteiger partial charge < -0.3 is 10.4 Å². The molecule has 1 aliphatic carbocycles. The van der Waals surface area contributed by atoms with Crippen LogP contribution >= 0.6 is 11.8 Å². The molecular weight excluding hydrogens is 308 g/mol. The predicted molar refractivity (Wildman–Crippen MR) is 92.7 cm³/mol. The van der Waals surface area contributed by atoms with Crippen molar-refractivity contribution in [2.45, 2.75) is 31.3 Å². The number of aromatic nitrogens is 3. The van der Waals surface area contributed by atoms with Crippen molar-refractivity contribution < 1.29 is 5.11 Å². The number of rotatable bonds is 4. The number of pyridine rings is 1. The number of hydrogen-bond acceptors (Lipinski definition) is 6. The maximum absolute atomic E-state index is 10.6. The van der Waals surface area contributed by atoms with E-state index in [1.807, 2.05) is 23.9 Å². The highest BCUT2D eigenvalue weighted by atomic mass is 32.2. The summed E-state index contributed by atoms with van der Waals surface area (Å²) in [5.41, 5.74) is 2.66. The number of aliphatic hydroxyl groups is 1. The van der Waals surface area contributed by atoms with Crippen LogP contribution < -0.4 is 5.32 Å². The number of nitrogens with zero attached hydrogens (tertiary/aromatic N) is 3. The standard InChI is InChI=1S/C17H20N4OS/c22-17(6-8-23-11-17)10-19-16-13-4-1-5-14(13)20-15(21-16)12-3-2-7-18-9-12/h2-3,7,9,22H,1,4-6,8,10-11H2,(H,19,20,21). The Balaban J connectivity index is 1.64. The molecule has 2 N–H and O–H groups in total. The lowest BCUT2D eigenvalue weighted by atomic mass is 10.0. The highest BCUT2D eigenvalue weighted by Crippen LogP contribution is 2.31. The van der Waals surface area contributed by atoms with Crippen LogP contribution in [0, 0.1) is 0 Å². The van der Waals surface area contributed by atoms with Gasteiger partial charge in [-0.15, -0.1) is 0 Å². The minimum absolute atomic E-state index is 0.552. The van der Waals surface area contributed by atoms with E-state index < -0.39 is 5.60 Å². The predicted octanol–water partition coefficient (Wildman–Crippen LogP) is 2.31. The summed E-state index contributed by atoms with van der Waals surface area (Å²) >= 11 is 1.81. The molecule has 2 aromatic heterocycles. The van der Waals surface area contributed by atoms with E-state index in [2.05, 4.69) is 10.3 Å². The Bertz CT molecular complexity index is 701. The molecule has 0 spiro atoms. The Hall–Kier alpha value is -1.66. The van der Waals surface area contributed by atoms with E-state index in [9.17, 15) is 5.11 Å². The molecule has 1 saturated heterocycles. The third kappa shape index (κ3) is 3.05. The third-order valence-electron chi connectivity index (χ3n) is 4.52. The molecule has 2 aromatic rings. The van der Waals surface area contributed by atoms with Crippen LogP contribution in [0.1, 0.15) is 24.1 Å². The molecular formula is C17H20N4OS. The monoisotopic (exact) mass is 328 g/mol. The molecule has 23 heavy (non-hydrogen) atoms. The molecule has 5 nitrogen and oxygen atoms in total. The molecule has 0 bridgehead atoms. The molecule has 0 radical (unpaired) electrons. The van der Waals surface area contributed by atoms with Crippen LogP contribution in [0.3, 0.4) is 0 Å². The molecule has 0 saturated carbocycles. The number of hydrogen-bond donors (Lipinski definition) is 2. The van der Waals surface area contributed by atoms with Gasteiger partial charge in [0.05, 0.1) is 5.60 Å². The largest absolute Gasteiger partial charge is 0.387 e. The Kier molecular flexibility index (Phi) is 3.95. The molecule has 6 heteroatoms. The molecule has 3 heterocycles. The number of nitrogens with one attached hydrogen (secondary N) is 1. The van der Waals surface area contributed by atoms with Crippen molar-refractivity contribution in [3.8, 4) is 11.4 Å². The molecule has 1 unspecified atom stereocenters. The lowest BCUT2D eigenvalue weighted by Gasteiger charge is -2.23. The van der Waals surface area contributed by atoms with Gasteiger partial charge in [-0.3, -0.25) is 4.98 Å². The molecule has 0 aromatic carbocycles. The number of fused-ring (bicyclic) bond motifs is 1. The van der Waals surface area contributed by atoms with Crippen molar-refractivity contribution >= 4 is 17.6 Å². The second-order valence-corrected chi connectivity index (χ2v) is 7.40. The fraction of sp³-hybridized carbons (Fsp3) is 0.471. The number of anilines is 1. The van der Waals surface area contributed by atoms with Crippen molar-refractivity contribution in [3.05, 3.63) is 35.8 Å². The molecule has 1 aliphatic heterocycles. The zero-order valence-corrected chi connectivity index (χ0v) is 13.8. The molecule has 2 aliphatic rings. The van der Waals surface area contributed by atoms with Gasteiger partial charge in [-0.25, -0.2) is 9.97 Å². The van der Waals surface area contributed by atoms with Crippen molar-refractivity contribution in [1.82, 2.24) is 15.0 Å². The van der Waals surface area contributed by atoms with Gasteiger partial charge in [0.25, 0.3) is 0 Å². The highest BCUT2D eigenvalue weighted by molar-refractivity contribution is 7.99. The van der Waals surface area contributed by atoms with E-state index in [-0.39, 0.29) is 0 Å². The van der Waals surface area contributed by atoms with Crippen LogP contribution in [0.4, 0.5) is 5.82 Å². The summed E-state index contributed by atoms with van der Waals surface area (Å²) in [6, 6.07) is 3.88. The first kappa shape index (κ1) is 14.9. The van der Waals surface area contributed by atoms with Gasteiger partial charge in [0, 0.05) is 41.5 Å². The van der Waals surface area contributed by atoms with E-state index in [1.165, 1.54) is 5.56 Å². The Morgan fingerprint density at radius 1 is 1.30 bits per heavy atom. The summed E-state index contributed by atoms with van der Waals surface area (Å²) in [5.74, 6) is 3.43. The van der Waals surface area contributed by atoms with Gasteiger partial charge in [-0.2, -0.15) is 11.8 Å². The molecule has 1 atom stereocenters. The van der Waals surface area contributed by atoms with E-state index in [1.54, 1.807) is 12.4 Å². The maximum atomic E-state index is 10.6. The summed E-state index contributed by atoms with van der Waals surface area (Å²) in [5, 5.41) is 14.0. The lowest BCUT2D eigenvalue weighted by Crippen LogP contribution is -2.37. The summed E-state index contributed by atoms with van der Waals surface area (Å²) < 4.78 is 0.